The van der Waals surface area contributed by atoms with Crippen LogP contribution < -0.4 is 5.32 Å². The minimum Gasteiger partial charge on any atom is -0.459 e. The Balaban J connectivity index is 3.90. The molecule has 0 bridgehead atoms. The third-order valence-electron chi connectivity index (χ3n) is 1.87. The van der Waals surface area contributed by atoms with E-state index in [-0.39, 0.29) is 18.1 Å². The lowest BCUT2D eigenvalue weighted by Gasteiger charge is -2.23. The van der Waals surface area contributed by atoms with Crippen molar-refractivity contribution in [2.75, 3.05) is 13.7 Å². The molecule has 0 amide bonds. The Labute approximate surface area is 92.3 Å². The summed E-state index contributed by atoms with van der Waals surface area (Å²) < 4.78 is 10.3. The second kappa shape index (κ2) is 6.08. The van der Waals surface area contributed by atoms with Crippen LogP contribution in [0.1, 0.15) is 34.6 Å². The van der Waals surface area contributed by atoms with E-state index in [0.29, 0.717) is 6.54 Å². The van der Waals surface area contributed by atoms with Crippen LogP contribution in [0.3, 0.4) is 0 Å². The van der Waals surface area contributed by atoms with Gasteiger partial charge in [-0.15, -0.1) is 0 Å². The second-order valence-corrected chi connectivity index (χ2v) is 4.71. The highest BCUT2D eigenvalue weighted by Gasteiger charge is 2.21. The number of carbonyl (C=O) groups is 1. The summed E-state index contributed by atoms with van der Waals surface area (Å²) in [6, 6.07) is -0.304. The Morgan fingerprint density at radius 2 is 1.87 bits per heavy atom. The molecule has 0 aliphatic heterocycles. The molecule has 0 aliphatic carbocycles. The first-order chi connectivity index (χ1) is 6.76. The van der Waals surface area contributed by atoms with Crippen LogP contribution in [0.5, 0.6) is 0 Å². The first-order valence-electron chi connectivity index (χ1n) is 5.25. The molecule has 4 nitrogen and oxygen atoms in total. The van der Waals surface area contributed by atoms with E-state index in [0.717, 1.165) is 0 Å². The molecule has 0 heterocycles. The van der Waals surface area contributed by atoms with Crippen molar-refractivity contribution in [1.29, 1.82) is 0 Å². The molecule has 1 N–H and O–H groups in total. The molecule has 90 valence electrons. The van der Waals surface area contributed by atoms with Gasteiger partial charge in [-0.1, -0.05) is 0 Å². The van der Waals surface area contributed by atoms with Crippen LogP contribution in [0.2, 0.25) is 0 Å². The van der Waals surface area contributed by atoms with Crippen molar-refractivity contribution < 1.29 is 14.3 Å². The van der Waals surface area contributed by atoms with Gasteiger partial charge in [0.2, 0.25) is 0 Å². The summed E-state index contributed by atoms with van der Waals surface area (Å²) in [5, 5.41) is 3.06. The van der Waals surface area contributed by atoms with E-state index in [1.807, 2.05) is 27.7 Å². The second-order valence-electron chi connectivity index (χ2n) is 4.71. The highest BCUT2D eigenvalue weighted by atomic mass is 16.6. The number of hydrogen-bond donors (Lipinski definition) is 1. The Morgan fingerprint density at radius 1 is 1.33 bits per heavy atom. The molecule has 0 fully saturated rings. The zero-order valence-electron chi connectivity index (χ0n) is 10.6. The normalized spacial score (nSPS) is 15.9. The summed E-state index contributed by atoms with van der Waals surface area (Å²) in [5.74, 6) is -0.231. The molecular weight excluding hydrogens is 194 g/mol. The summed E-state index contributed by atoms with van der Waals surface area (Å²) >= 11 is 0. The van der Waals surface area contributed by atoms with E-state index in [1.54, 1.807) is 14.0 Å². The zero-order valence-corrected chi connectivity index (χ0v) is 10.6. The molecule has 0 aliphatic rings. The first kappa shape index (κ1) is 14.4. The molecule has 2 atom stereocenters. The van der Waals surface area contributed by atoms with Gasteiger partial charge in [-0.3, -0.25) is 4.79 Å². The summed E-state index contributed by atoms with van der Waals surface area (Å²) in [5.41, 5.74) is -0.431. The molecule has 4 heteroatoms. The van der Waals surface area contributed by atoms with Gasteiger partial charge in [0.1, 0.15) is 11.6 Å². The quantitative estimate of drug-likeness (QED) is 0.706. The fourth-order valence-corrected chi connectivity index (χ4v) is 0.900. The van der Waals surface area contributed by atoms with Crippen molar-refractivity contribution >= 4 is 5.97 Å². The number of esters is 1. The maximum absolute atomic E-state index is 11.5. The van der Waals surface area contributed by atoms with Gasteiger partial charge in [0.15, 0.2) is 0 Å². The third kappa shape index (κ3) is 7.33. The fourth-order valence-electron chi connectivity index (χ4n) is 0.900. The molecule has 0 radical (unpaired) electrons. The SMILES string of the molecule is COC(C)CNC(C)C(=O)OC(C)(C)C. The predicted octanol–water partition coefficient (Wildman–Crippen LogP) is 1.34. The number of rotatable bonds is 5. The van der Waals surface area contributed by atoms with Gasteiger partial charge in [0, 0.05) is 13.7 Å². The number of nitrogens with one attached hydrogen (secondary N) is 1. The molecule has 0 saturated heterocycles. The molecule has 15 heavy (non-hydrogen) atoms. The Hall–Kier alpha value is -0.610. The lowest BCUT2D eigenvalue weighted by Crippen LogP contribution is -2.42. The van der Waals surface area contributed by atoms with Crippen molar-refractivity contribution in [2.45, 2.75) is 52.4 Å². The minimum atomic E-state index is -0.431. The monoisotopic (exact) mass is 217 g/mol. The van der Waals surface area contributed by atoms with Gasteiger partial charge in [-0.25, -0.2) is 0 Å². The topological polar surface area (TPSA) is 47.6 Å². The van der Waals surface area contributed by atoms with Gasteiger partial charge in [0.05, 0.1) is 6.10 Å². The summed E-state index contributed by atoms with van der Waals surface area (Å²) in [4.78, 5) is 11.5. The van der Waals surface area contributed by atoms with E-state index in [1.165, 1.54) is 0 Å². The molecule has 0 aromatic carbocycles. The van der Waals surface area contributed by atoms with E-state index in [2.05, 4.69) is 5.32 Å². The molecule has 0 aromatic rings. The van der Waals surface area contributed by atoms with E-state index in [4.69, 9.17) is 9.47 Å². The average molecular weight is 217 g/mol. The largest absolute Gasteiger partial charge is 0.459 e. The van der Waals surface area contributed by atoms with Crippen LogP contribution in [-0.4, -0.2) is 37.4 Å². The van der Waals surface area contributed by atoms with Crippen LogP contribution in [-0.2, 0) is 14.3 Å². The van der Waals surface area contributed by atoms with E-state index >= 15 is 0 Å². The summed E-state index contributed by atoms with van der Waals surface area (Å²) in [7, 11) is 1.64. The molecule has 0 aromatic heterocycles. The highest BCUT2D eigenvalue weighted by Crippen LogP contribution is 2.08. The highest BCUT2D eigenvalue weighted by molar-refractivity contribution is 5.75. The van der Waals surface area contributed by atoms with Crippen molar-refractivity contribution in [3.05, 3.63) is 0 Å². The molecule has 0 saturated carbocycles. The fraction of sp³-hybridized carbons (Fsp3) is 0.909. The van der Waals surface area contributed by atoms with Crippen molar-refractivity contribution in [2.24, 2.45) is 0 Å². The molecule has 0 rings (SSSR count). The number of hydrogen-bond acceptors (Lipinski definition) is 4. The van der Waals surface area contributed by atoms with Gasteiger partial charge in [-0.2, -0.15) is 0 Å². The number of carbonyl (C=O) groups excluding carboxylic acids is 1. The zero-order chi connectivity index (χ0) is 12.1. The van der Waals surface area contributed by atoms with Crippen LogP contribution >= 0.6 is 0 Å². The van der Waals surface area contributed by atoms with Crippen molar-refractivity contribution in [3.63, 3.8) is 0 Å². The smallest absolute Gasteiger partial charge is 0.323 e. The molecule has 2 unspecified atom stereocenters. The standard InChI is InChI=1S/C11H23NO3/c1-8(14-6)7-12-9(2)10(13)15-11(3,4)5/h8-9,12H,7H2,1-6H3. The molecule has 0 spiro atoms. The Kier molecular flexibility index (Phi) is 5.83. The Morgan fingerprint density at radius 3 is 2.27 bits per heavy atom. The lowest BCUT2D eigenvalue weighted by atomic mass is 10.2. The van der Waals surface area contributed by atoms with Gasteiger partial charge in [0.25, 0.3) is 0 Å². The van der Waals surface area contributed by atoms with Gasteiger partial charge < -0.3 is 14.8 Å². The van der Waals surface area contributed by atoms with Crippen LogP contribution in [0, 0.1) is 0 Å². The third-order valence-corrected chi connectivity index (χ3v) is 1.87. The first-order valence-corrected chi connectivity index (χ1v) is 5.25. The lowest BCUT2D eigenvalue weighted by molar-refractivity contribution is -0.157. The predicted molar refractivity (Wildman–Crippen MR) is 59.8 cm³/mol. The van der Waals surface area contributed by atoms with Crippen LogP contribution in [0.4, 0.5) is 0 Å². The van der Waals surface area contributed by atoms with E-state index < -0.39 is 5.60 Å². The average Bonchev–Trinajstić information content (AvgIpc) is 2.10. The van der Waals surface area contributed by atoms with Crippen molar-refractivity contribution in [3.8, 4) is 0 Å². The number of ether oxygens (including phenoxy) is 2. The van der Waals surface area contributed by atoms with Crippen LogP contribution in [0.15, 0.2) is 0 Å². The Bertz CT molecular complexity index is 198. The maximum atomic E-state index is 11.5. The maximum Gasteiger partial charge on any atom is 0.323 e. The summed E-state index contributed by atoms with van der Waals surface area (Å²) in [6.45, 7) is 9.93. The summed E-state index contributed by atoms with van der Waals surface area (Å²) in [6.07, 6.45) is 0.0925. The minimum absolute atomic E-state index is 0.0925. The molecular formula is C11H23NO3. The number of methoxy groups -OCH3 is 1. The van der Waals surface area contributed by atoms with Gasteiger partial charge in [-0.05, 0) is 34.6 Å². The van der Waals surface area contributed by atoms with E-state index in [9.17, 15) is 4.79 Å². The van der Waals surface area contributed by atoms with Crippen LogP contribution in [0.25, 0.3) is 0 Å². The van der Waals surface area contributed by atoms with Gasteiger partial charge >= 0.3 is 5.97 Å². The van der Waals surface area contributed by atoms with Crippen molar-refractivity contribution in [1.82, 2.24) is 5.32 Å².